The van der Waals surface area contributed by atoms with Crippen molar-refractivity contribution in [3.63, 3.8) is 0 Å². The molecule has 0 amide bonds. The SMILES string of the molecule is CCCCCC[C@H](CC(=O)O)NCC(=O)O. The molecule has 94 valence electrons. The van der Waals surface area contributed by atoms with E-state index in [1.807, 2.05) is 0 Å². The average Bonchev–Trinajstić information content (AvgIpc) is 2.19. The molecule has 0 aliphatic carbocycles. The van der Waals surface area contributed by atoms with Gasteiger partial charge in [-0.05, 0) is 6.42 Å². The third kappa shape index (κ3) is 9.45. The van der Waals surface area contributed by atoms with Gasteiger partial charge in [-0.15, -0.1) is 0 Å². The van der Waals surface area contributed by atoms with E-state index in [-0.39, 0.29) is 19.0 Å². The van der Waals surface area contributed by atoms with Gasteiger partial charge >= 0.3 is 11.9 Å². The van der Waals surface area contributed by atoms with Crippen molar-refractivity contribution in [2.45, 2.75) is 51.5 Å². The predicted octanol–water partition coefficient (Wildman–Crippen LogP) is 1.47. The van der Waals surface area contributed by atoms with Crippen LogP contribution in [0.4, 0.5) is 0 Å². The zero-order valence-electron chi connectivity index (χ0n) is 9.74. The molecule has 16 heavy (non-hydrogen) atoms. The Morgan fingerprint density at radius 2 is 1.81 bits per heavy atom. The zero-order chi connectivity index (χ0) is 12.4. The Morgan fingerprint density at radius 3 is 2.31 bits per heavy atom. The standard InChI is InChI=1S/C11H21NO4/c1-2-3-4-5-6-9(7-10(13)14)12-8-11(15)16/h9,12H,2-8H2,1H3,(H,13,14)(H,15,16)/t9-/m1/s1. The maximum Gasteiger partial charge on any atom is 0.317 e. The Labute approximate surface area is 95.9 Å². The number of unbranched alkanes of at least 4 members (excludes halogenated alkanes) is 3. The van der Waals surface area contributed by atoms with Crippen LogP contribution in [-0.4, -0.2) is 34.7 Å². The fourth-order valence-corrected chi connectivity index (χ4v) is 1.54. The molecule has 0 bridgehead atoms. The molecule has 0 aromatic carbocycles. The molecule has 0 aromatic heterocycles. The van der Waals surface area contributed by atoms with Crippen LogP contribution in [0.5, 0.6) is 0 Å². The van der Waals surface area contributed by atoms with E-state index in [0.29, 0.717) is 0 Å². The van der Waals surface area contributed by atoms with Gasteiger partial charge in [0, 0.05) is 6.04 Å². The minimum Gasteiger partial charge on any atom is -0.481 e. The monoisotopic (exact) mass is 231 g/mol. The summed E-state index contributed by atoms with van der Waals surface area (Å²) >= 11 is 0. The number of hydrogen-bond acceptors (Lipinski definition) is 3. The largest absolute Gasteiger partial charge is 0.481 e. The summed E-state index contributed by atoms with van der Waals surface area (Å²) in [6.07, 6.45) is 4.99. The summed E-state index contributed by atoms with van der Waals surface area (Å²) in [4.78, 5) is 20.9. The number of aliphatic carboxylic acids is 2. The Balaban J connectivity index is 3.80. The van der Waals surface area contributed by atoms with E-state index in [0.717, 1.165) is 32.1 Å². The summed E-state index contributed by atoms with van der Waals surface area (Å²) in [5, 5.41) is 19.9. The van der Waals surface area contributed by atoms with E-state index in [1.54, 1.807) is 0 Å². The van der Waals surface area contributed by atoms with E-state index in [2.05, 4.69) is 12.2 Å². The minimum absolute atomic E-state index is 0.0145. The number of carbonyl (C=O) groups is 2. The summed E-state index contributed by atoms with van der Waals surface area (Å²) in [5.41, 5.74) is 0. The van der Waals surface area contributed by atoms with Crippen LogP contribution in [0.3, 0.4) is 0 Å². The second kappa shape index (κ2) is 9.15. The highest BCUT2D eigenvalue weighted by molar-refractivity contribution is 5.70. The third-order valence-electron chi connectivity index (χ3n) is 2.37. The lowest BCUT2D eigenvalue weighted by atomic mass is 10.0. The van der Waals surface area contributed by atoms with E-state index < -0.39 is 11.9 Å². The quantitative estimate of drug-likeness (QED) is 0.496. The van der Waals surface area contributed by atoms with Crippen molar-refractivity contribution in [2.75, 3.05) is 6.54 Å². The molecular formula is C11H21NO4. The van der Waals surface area contributed by atoms with E-state index in [4.69, 9.17) is 10.2 Å². The Hall–Kier alpha value is -1.10. The molecule has 3 N–H and O–H groups in total. The highest BCUT2D eigenvalue weighted by Gasteiger charge is 2.13. The van der Waals surface area contributed by atoms with Gasteiger partial charge in [0.1, 0.15) is 0 Å². The van der Waals surface area contributed by atoms with Crippen LogP contribution in [0.15, 0.2) is 0 Å². The van der Waals surface area contributed by atoms with Crippen molar-refractivity contribution >= 4 is 11.9 Å². The van der Waals surface area contributed by atoms with E-state index in [9.17, 15) is 9.59 Å². The summed E-state index contributed by atoms with van der Waals surface area (Å²) in [6, 6.07) is -0.231. The fraction of sp³-hybridized carbons (Fsp3) is 0.818. The van der Waals surface area contributed by atoms with Gasteiger partial charge in [-0.3, -0.25) is 9.59 Å². The number of hydrogen-bond donors (Lipinski definition) is 3. The maximum atomic E-state index is 10.6. The van der Waals surface area contributed by atoms with Crippen LogP contribution < -0.4 is 5.32 Å². The molecule has 0 rings (SSSR count). The Kier molecular flexibility index (Phi) is 8.52. The van der Waals surface area contributed by atoms with Gasteiger partial charge in [-0.2, -0.15) is 0 Å². The topological polar surface area (TPSA) is 86.6 Å². The molecular weight excluding hydrogens is 210 g/mol. The summed E-state index contributed by atoms with van der Waals surface area (Å²) in [7, 11) is 0. The lowest BCUT2D eigenvalue weighted by Gasteiger charge is -2.15. The zero-order valence-corrected chi connectivity index (χ0v) is 9.74. The summed E-state index contributed by atoms with van der Waals surface area (Å²) < 4.78 is 0. The average molecular weight is 231 g/mol. The van der Waals surface area contributed by atoms with E-state index in [1.165, 1.54) is 0 Å². The van der Waals surface area contributed by atoms with Crippen LogP contribution in [0.25, 0.3) is 0 Å². The third-order valence-corrected chi connectivity index (χ3v) is 2.37. The first-order valence-electron chi connectivity index (χ1n) is 5.73. The summed E-state index contributed by atoms with van der Waals surface area (Å²) in [6.45, 7) is 1.93. The molecule has 0 saturated carbocycles. The van der Waals surface area contributed by atoms with Gasteiger partial charge in [0.05, 0.1) is 13.0 Å². The highest BCUT2D eigenvalue weighted by Crippen LogP contribution is 2.08. The van der Waals surface area contributed by atoms with Crippen LogP contribution in [0, 0.1) is 0 Å². The van der Waals surface area contributed by atoms with Crippen LogP contribution in [-0.2, 0) is 9.59 Å². The number of rotatable bonds is 10. The highest BCUT2D eigenvalue weighted by atomic mass is 16.4. The van der Waals surface area contributed by atoms with Crippen molar-refractivity contribution in [2.24, 2.45) is 0 Å². The molecule has 0 aliphatic rings. The van der Waals surface area contributed by atoms with Gasteiger partial charge in [0.2, 0.25) is 0 Å². The smallest absolute Gasteiger partial charge is 0.317 e. The lowest BCUT2D eigenvalue weighted by Crippen LogP contribution is -2.35. The lowest BCUT2D eigenvalue weighted by molar-refractivity contribution is -0.139. The van der Waals surface area contributed by atoms with Gasteiger partial charge in [0.15, 0.2) is 0 Å². The first-order valence-corrected chi connectivity index (χ1v) is 5.73. The Bertz CT molecular complexity index is 218. The van der Waals surface area contributed by atoms with Crippen molar-refractivity contribution in [1.29, 1.82) is 0 Å². The molecule has 5 heteroatoms. The molecule has 0 radical (unpaired) electrons. The fourth-order valence-electron chi connectivity index (χ4n) is 1.54. The van der Waals surface area contributed by atoms with Gasteiger partial charge < -0.3 is 15.5 Å². The van der Waals surface area contributed by atoms with Crippen LogP contribution in [0.2, 0.25) is 0 Å². The summed E-state index contributed by atoms with van der Waals surface area (Å²) in [5.74, 6) is -1.85. The van der Waals surface area contributed by atoms with Crippen molar-refractivity contribution in [1.82, 2.24) is 5.32 Å². The van der Waals surface area contributed by atoms with Crippen molar-refractivity contribution in [3.8, 4) is 0 Å². The van der Waals surface area contributed by atoms with Gasteiger partial charge in [-0.25, -0.2) is 0 Å². The maximum absolute atomic E-state index is 10.6. The second-order valence-corrected chi connectivity index (χ2v) is 3.92. The second-order valence-electron chi connectivity index (χ2n) is 3.92. The molecule has 0 aromatic rings. The molecule has 0 saturated heterocycles. The molecule has 0 fully saturated rings. The van der Waals surface area contributed by atoms with Crippen LogP contribution >= 0.6 is 0 Å². The predicted molar refractivity (Wildman–Crippen MR) is 60.4 cm³/mol. The normalized spacial score (nSPS) is 12.3. The van der Waals surface area contributed by atoms with E-state index >= 15 is 0 Å². The van der Waals surface area contributed by atoms with Gasteiger partial charge in [-0.1, -0.05) is 32.6 Å². The first-order chi connectivity index (χ1) is 7.56. The molecule has 0 aliphatic heterocycles. The molecule has 0 spiro atoms. The molecule has 1 atom stereocenters. The number of carboxylic acids is 2. The van der Waals surface area contributed by atoms with Crippen LogP contribution in [0.1, 0.15) is 45.4 Å². The molecule has 5 nitrogen and oxygen atoms in total. The minimum atomic E-state index is -0.955. The molecule has 0 heterocycles. The van der Waals surface area contributed by atoms with Gasteiger partial charge in [0.25, 0.3) is 0 Å². The molecule has 0 unspecified atom stereocenters. The number of carboxylic acid groups (broad SMARTS) is 2. The van der Waals surface area contributed by atoms with Crippen molar-refractivity contribution in [3.05, 3.63) is 0 Å². The Morgan fingerprint density at radius 1 is 1.12 bits per heavy atom. The first kappa shape index (κ1) is 14.9. The number of nitrogens with one attached hydrogen (secondary N) is 1. The van der Waals surface area contributed by atoms with Crippen molar-refractivity contribution < 1.29 is 19.8 Å².